The number of amides is 1. The summed E-state index contributed by atoms with van der Waals surface area (Å²) in [7, 11) is 1.37. The zero-order chi connectivity index (χ0) is 13.5. The van der Waals surface area contributed by atoms with Gasteiger partial charge in [0.05, 0.1) is 12.0 Å². The number of nitrogens with two attached hydrogens (primary N) is 1. The number of rotatable bonds is 7. The Morgan fingerprint density at radius 2 is 2.28 bits per heavy atom. The molecule has 1 aromatic rings. The van der Waals surface area contributed by atoms with E-state index in [-0.39, 0.29) is 17.9 Å². The van der Waals surface area contributed by atoms with Crippen LogP contribution < -0.4 is 15.8 Å². The summed E-state index contributed by atoms with van der Waals surface area (Å²) in [4.78, 5) is 21.0. The van der Waals surface area contributed by atoms with Gasteiger partial charge in [-0.15, -0.1) is 0 Å². The minimum absolute atomic E-state index is 0.112. The van der Waals surface area contributed by atoms with Crippen molar-refractivity contribution in [1.29, 1.82) is 0 Å². The Balaban J connectivity index is 2.75. The maximum atomic E-state index is 11.0. The van der Waals surface area contributed by atoms with Crippen LogP contribution in [0.5, 0.6) is 5.75 Å². The highest BCUT2D eigenvalue weighted by molar-refractivity contribution is 5.73. The van der Waals surface area contributed by atoms with Crippen molar-refractivity contribution < 1.29 is 14.5 Å². The number of anilines is 1. The molecule has 18 heavy (non-hydrogen) atoms. The average molecular weight is 253 g/mol. The summed E-state index contributed by atoms with van der Waals surface area (Å²) < 4.78 is 4.94. The summed E-state index contributed by atoms with van der Waals surface area (Å²) in [5.74, 6) is -0.197. The Labute approximate surface area is 104 Å². The van der Waals surface area contributed by atoms with Crippen LogP contribution in [0.15, 0.2) is 18.2 Å². The zero-order valence-corrected chi connectivity index (χ0v) is 10.0. The number of hydrogen-bond acceptors (Lipinski definition) is 5. The molecule has 0 saturated carbocycles. The number of ether oxygens (including phenoxy) is 1. The summed E-state index contributed by atoms with van der Waals surface area (Å²) in [6.07, 6.45) is 0.758. The Morgan fingerprint density at radius 1 is 1.56 bits per heavy atom. The minimum atomic E-state index is -0.505. The van der Waals surface area contributed by atoms with Gasteiger partial charge in [-0.1, -0.05) is 6.07 Å². The summed E-state index contributed by atoms with van der Waals surface area (Å²) in [6.45, 7) is 0.428. The van der Waals surface area contributed by atoms with Crippen molar-refractivity contribution in [3.05, 3.63) is 28.3 Å². The molecule has 0 bridgehead atoms. The predicted molar refractivity (Wildman–Crippen MR) is 66.6 cm³/mol. The normalized spacial score (nSPS) is 9.83. The second kappa shape index (κ2) is 6.43. The lowest BCUT2D eigenvalue weighted by Gasteiger charge is -2.08. The van der Waals surface area contributed by atoms with Crippen molar-refractivity contribution in [2.75, 3.05) is 19.0 Å². The van der Waals surface area contributed by atoms with Crippen LogP contribution in [0, 0.1) is 10.1 Å². The number of benzene rings is 1. The molecule has 0 spiro atoms. The van der Waals surface area contributed by atoms with E-state index < -0.39 is 10.8 Å². The molecule has 0 fully saturated rings. The zero-order valence-electron chi connectivity index (χ0n) is 10.0. The Kier molecular flexibility index (Phi) is 4.91. The second-order valence-corrected chi connectivity index (χ2v) is 3.61. The number of para-hydroxylation sites is 1. The number of nitrogens with zero attached hydrogens (tertiary/aromatic N) is 1. The van der Waals surface area contributed by atoms with Crippen LogP contribution in [0.1, 0.15) is 12.8 Å². The summed E-state index contributed by atoms with van der Waals surface area (Å²) >= 11 is 0. The first-order chi connectivity index (χ1) is 8.56. The number of nitrogens with one attached hydrogen (secondary N) is 1. The molecule has 7 nitrogen and oxygen atoms in total. The van der Waals surface area contributed by atoms with Gasteiger partial charge in [-0.3, -0.25) is 14.9 Å². The first-order valence-electron chi connectivity index (χ1n) is 5.40. The third kappa shape index (κ3) is 3.62. The molecule has 0 aliphatic rings. The van der Waals surface area contributed by atoms with Crippen molar-refractivity contribution in [3.63, 3.8) is 0 Å². The van der Waals surface area contributed by atoms with Crippen molar-refractivity contribution in [3.8, 4) is 5.75 Å². The number of primary amides is 1. The molecular weight excluding hydrogens is 238 g/mol. The molecule has 0 saturated heterocycles. The Morgan fingerprint density at radius 3 is 2.83 bits per heavy atom. The molecule has 98 valence electrons. The van der Waals surface area contributed by atoms with Gasteiger partial charge in [-0.05, 0) is 18.6 Å². The molecule has 1 rings (SSSR count). The fourth-order valence-electron chi connectivity index (χ4n) is 1.50. The molecule has 0 aliphatic carbocycles. The van der Waals surface area contributed by atoms with E-state index in [0.29, 0.717) is 18.7 Å². The van der Waals surface area contributed by atoms with Gasteiger partial charge in [-0.2, -0.15) is 0 Å². The van der Waals surface area contributed by atoms with E-state index in [2.05, 4.69) is 5.32 Å². The smallest absolute Gasteiger partial charge is 0.333 e. The molecule has 1 aromatic carbocycles. The number of hydrogen-bond donors (Lipinski definition) is 2. The molecule has 0 unspecified atom stereocenters. The van der Waals surface area contributed by atoms with Gasteiger partial charge in [0, 0.05) is 13.0 Å². The number of nitro benzene ring substituents is 1. The molecule has 7 heteroatoms. The van der Waals surface area contributed by atoms with Crippen LogP contribution >= 0.6 is 0 Å². The minimum Gasteiger partial charge on any atom is -0.490 e. The molecule has 0 aromatic heterocycles. The van der Waals surface area contributed by atoms with Crippen LogP contribution in [0.2, 0.25) is 0 Å². The second-order valence-electron chi connectivity index (χ2n) is 3.61. The first kappa shape index (κ1) is 13.8. The standard InChI is InChI=1S/C11H15N3O4/c1-18-9-5-2-4-8(11(9)14(16)17)13-7-3-6-10(12)15/h2,4-5,13H,3,6-7H2,1H3,(H2,12,15). The van der Waals surface area contributed by atoms with Gasteiger partial charge in [-0.25, -0.2) is 0 Å². The third-order valence-corrected chi connectivity index (χ3v) is 2.32. The van der Waals surface area contributed by atoms with E-state index in [9.17, 15) is 14.9 Å². The lowest BCUT2D eigenvalue weighted by molar-refractivity contribution is -0.384. The van der Waals surface area contributed by atoms with E-state index in [1.54, 1.807) is 12.1 Å². The Hall–Kier alpha value is -2.31. The summed E-state index contributed by atoms with van der Waals surface area (Å²) in [5.41, 5.74) is 5.25. The van der Waals surface area contributed by atoms with Crippen molar-refractivity contribution in [1.82, 2.24) is 0 Å². The average Bonchev–Trinajstić information content (AvgIpc) is 2.33. The van der Waals surface area contributed by atoms with E-state index in [1.807, 2.05) is 0 Å². The quantitative estimate of drug-likeness (QED) is 0.432. The van der Waals surface area contributed by atoms with Gasteiger partial charge in [0.2, 0.25) is 5.91 Å². The van der Waals surface area contributed by atoms with Crippen LogP contribution in [-0.2, 0) is 4.79 Å². The van der Waals surface area contributed by atoms with Crippen LogP contribution in [0.4, 0.5) is 11.4 Å². The SMILES string of the molecule is COc1cccc(NCCCC(N)=O)c1[N+](=O)[O-]. The lowest BCUT2D eigenvalue weighted by atomic mass is 10.2. The number of carbonyl (C=O) groups is 1. The van der Waals surface area contributed by atoms with Crippen molar-refractivity contribution in [2.45, 2.75) is 12.8 Å². The summed E-state index contributed by atoms with van der Waals surface area (Å²) in [5, 5.41) is 13.8. The Bertz CT molecular complexity index is 448. The molecule has 3 N–H and O–H groups in total. The fourth-order valence-corrected chi connectivity index (χ4v) is 1.50. The topological polar surface area (TPSA) is 107 Å². The maximum absolute atomic E-state index is 11.0. The van der Waals surface area contributed by atoms with Gasteiger partial charge in [0.25, 0.3) is 0 Å². The molecular formula is C11H15N3O4. The number of nitro groups is 1. The van der Waals surface area contributed by atoms with Crippen LogP contribution in [0.25, 0.3) is 0 Å². The van der Waals surface area contributed by atoms with Gasteiger partial charge in [0.15, 0.2) is 5.75 Å². The highest BCUT2D eigenvalue weighted by Crippen LogP contribution is 2.34. The molecule has 0 heterocycles. The first-order valence-corrected chi connectivity index (χ1v) is 5.40. The lowest BCUT2D eigenvalue weighted by Crippen LogP contribution is -2.13. The fraction of sp³-hybridized carbons (Fsp3) is 0.364. The number of carbonyl (C=O) groups excluding carboxylic acids is 1. The maximum Gasteiger partial charge on any atom is 0.333 e. The third-order valence-electron chi connectivity index (χ3n) is 2.32. The highest BCUT2D eigenvalue weighted by atomic mass is 16.6. The molecule has 0 radical (unpaired) electrons. The molecule has 1 amide bonds. The highest BCUT2D eigenvalue weighted by Gasteiger charge is 2.19. The predicted octanol–water partition coefficient (Wildman–Crippen LogP) is 1.28. The van der Waals surface area contributed by atoms with Crippen molar-refractivity contribution in [2.24, 2.45) is 5.73 Å². The van der Waals surface area contributed by atoms with Gasteiger partial charge < -0.3 is 15.8 Å². The molecule has 0 aliphatic heterocycles. The van der Waals surface area contributed by atoms with Crippen molar-refractivity contribution >= 4 is 17.3 Å². The van der Waals surface area contributed by atoms with Crippen LogP contribution in [-0.4, -0.2) is 24.5 Å². The van der Waals surface area contributed by atoms with E-state index >= 15 is 0 Å². The van der Waals surface area contributed by atoms with Gasteiger partial charge in [0.1, 0.15) is 5.69 Å². The molecule has 0 atom stereocenters. The number of methoxy groups -OCH3 is 1. The van der Waals surface area contributed by atoms with E-state index in [1.165, 1.54) is 13.2 Å². The summed E-state index contributed by atoms with van der Waals surface area (Å²) in [6, 6.07) is 4.76. The van der Waals surface area contributed by atoms with Gasteiger partial charge >= 0.3 is 5.69 Å². The van der Waals surface area contributed by atoms with E-state index in [0.717, 1.165) is 0 Å². The monoisotopic (exact) mass is 253 g/mol. The van der Waals surface area contributed by atoms with Crippen LogP contribution in [0.3, 0.4) is 0 Å². The largest absolute Gasteiger partial charge is 0.490 e. The van der Waals surface area contributed by atoms with E-state index in [4.69, 9.17) is 10.5 Å².